The second-order valence-electron chi connectivity index (χ2n) is 3.96. The van der Waals surface area contributed by atoms with Crippen molar-refractivity contribution in [3.8, 4) is 0 Å². The lowest BCUT2D eigenvalue weighted by Gasteiger charge is -2.31. The van der Waals surface area contributed by atoms with E-state index in [1.54, 1.807) is 11.3 Å². The van der Waals surface area contributed by atoms with Gasteiger partial charge in [-0.15, -0.1) is 11.3 Å². The van der Waals surface area contributed by atoms with E-state index in [1.807, 2.05) is 11.7 Å². The topological polar surface area (TPSA) is 34.1 Å². The second-order valence-corrected chi connectivity index (χ2v) is 4.93. The molecule has 0 amide bonds. The molecule has 3 nitrogen and oxygen atoms in total. The van der Waals surface area contributed by atoms with Crippen molar-refractivity contribution in [3.63, 3.8) is 0 Å². The summed E-state index contributed by atoms with van der Waals surface area (Å²) < 4.78 is 5.55. The van der Waals surface area contributed by atoms with Gasteiger partial charge in [0, 0.05) is 29.6 Å². The van der Waals surface area contributed by atoms with E-state index < -0.39 is 0 Å². The number of aromatic nitrogens is 1. The van der Waals surface area contributed by atoms with E-state index in [-0.39, 0.29) is 0 Å². The van der Waals surface area contributed by atoms with Crippen LogP contribution in [0.5, 0.6) is 0 Å². The summed E-state index contributed by atoms with van der Waals surface area (Å²) in [4.78, 5) is 5.48. The van der Waals surface area contributed by atoms with Gasteiger partial charge in [0.15, 0.2) is 0 Å². The van der Waals surface area contributed by atoms with Crippen LogP contribution in [0.25, 0.3) is 0 Å². The maximum absolute atomic E-state index is 5.55. The molecule has 1 N–H and O–H groups in total. The number of thiazole rings is 1. The standard InChI is InChI=1S/C11H18N2OS/c1-2-13-11-3-4-14-7-9(11)5-10-6-12-8-15-10/h6,8-9,11,13H,2-5,7H2,1H3. The molecule has 1 aromatic rings. The molecule has 0 radical (unpaired) electrons. The van der Waals surface area contributed by atoms with Gasteiger partial charge in [-0.05, 0) is 19.4 Å². The minimum absolute atomic E-state index is 0.610. The van der Waals surface area contributed by atoms with Crippen molar-refractivity contribution >= 4 is 11.3 Å². The van der Waals surface area contributed by atoms with Crippen LogP contribution in [0.4, 0.5) is 0 Å². The summed E-state index contributed by atoms with van der Waals surface area (Å²) in [5.41, 5.74) is 1.90. The molecular formula is C11H18N2OS. The van der Waals surface area contributed by atoms with Crippen molar-refractivity contribution in [2.75, 3.05) is 19.8 Å². The molecule has 2 heterocycles. The molecule has 0 aliphatic carbocycles. The predicted octanol–water partition coefficient (Wildman–Crippen LogP) is 1.70. The van der Waals surface area contributed by atoms with E-state index in [2.05, 4.69) is 17.2 Å². The van der Waals surface area contributed by atoms with E-state index >= 15 is 0 Å². The number of rotatable bonds is 4. The van der Waals surface area contributed by atoms with Crippen molar-refractivity contribution in [1.82, 2.24) is 10.3 Å². The van der Waals surface area contributed by atoms with Gasteiger partial charge in [0.1, 0.15) is 0 Å². The highest BCUT2D eigenvalue weighted by Gasteiger charge is 2.25. The summed E-state index contributed by atoms with van der Waals surface area (Å²) in [5, 5.41) is 3.55. The van der Waals surface area contributed by atoms with Gasteiger partial charge in [0.25, 0.3) is 0 Å². The van der Waals surface area contributed by atoms with Crippen molar-refractivity contribution in [1.29, 1.82) is 0 Å². The molecule has 1 aliphatic rings. The van der Waals surface area contributed by atoms with Gasteiger partial charge >= 0.3 is 0 Å². The summed E-state index contributed by atoms with van der Waals surface area (Å²) in [5.74, 6) is 0.610. The van der Waals surface area contributed by atoms with Crippen LogP contribution in [0.1, 0.15) is 18.2 Å². The third kappa shape index (κ3) is 3.00. The zero-order valence-electron chi connectivity index (χ0n) is 9.11. The minimum atomic E-state index is 0.610. The van der Waals surface area contributed by atoms with Crippen LogP contribution in [0.15, 0.2) is 11.7 Å². The first-order valence-corrected chi connectivity index (χ1v) is 6.46. The molecule has 0 aromatic carbocycles. The largest absolute Gasteiger partial charge is 0.381 e. The molecule has 2 rings (SSSR count). The van der Waals surface area contributed by atoms with E-state index in [9.17, 15) is 0 Å². The summed E-state index contributed by atoms with van der Waals surface area (Å²) in [6.45, 7) is 5.00. The molecule has 1 fully saturated rings. The molecule has 15 heavy (non-hydrogen) atoms. The summed E-state index contributed by atoms with van der Waals surface area (Å²) >= 11 is 1.74. The van der Waals surface area contributed by atoms with Gasteiger partial charge in [0.05, 0.1) is 12.1 Å². The molecule has 2 unspecified atom stereocenters. The number of nitrogens with zero attached hydrogens (tertiary/aromatic N) is 1. The van der Waals surface area contributed by atoms with Crippen LogP contribution in [0, 0.1) is 5.92 Å². The van der Waals surface area contributed by atoms with Gasteiger partial charge in [-0.25, -0.2) is 0 Å². The Morgan fingerprint density at radius 1 is 1.67 bits per heavy atom. The van der Waals surface area contributed by atoms with E-state index in [0.29, 0.717) is 12.0 Å². The Bertz CT molecular complexity index is 274. The molecule has 1 aromatic heterocycles. The minimum Gasteiger partial charge on any atom is -0.381 e. The molecule has 0 bridgehead atoms. The van der Waals surface area contributed by atoms with Crippen LogP contribution < -0.4 is 5.32 Å². The lowest BCUT2D eigenvalue weighted by Crippen LogP contribution is -2.43. The normalized spacial score (nSPS) is 26.7. The maximum atomic E-state index is 5.55. The Kier molecular flexibility index (Phi) is 4.11. The van der Waals surface area contributed by atoms with Crippen LogP contribution in [0.2, 0.25) is 0 Å². The highest BCUT2D eigenvalue weighted by Crippen LogP contribution is 2.21. The Morgan fingerprint density at radius 3 is 3.33 bits per heavy atom. The zero-order chi connectivity index (χ0) is 10.5. The fourth-order valence-corrected chi connectivity index (χ4v) is 2.82. The van der Waals surface area contributed by atoms with Gasteiger partial charge in [0.2, 0.25) is 0 Å². The third-order valence-corrected chi connectivity index (χ3v) is 3.69. The first kappa shape index (κ1) is 11.0. The predicted molar refractivity (Wildman–Crippen MR) is 62.2 cm³/mol. The van der Waals surface area contributed by atoms with Crippen molar-refractivity contribution in [2.24, 2.45) is 5.92 Å². The van der Waals surface area contributed by atoms with E-state index in [4.69, 9.17) is 4.74 Å². The number of hydrogen-bond acceptors (Lipinski definition) is 4. The van der Waals surface area contributed by atoms with Crippen molar-refractivity contribution < 1.29 is 4.74 Å². The Labute approximate surface area is 94.9 Å². The SMILES string of the molecule is CCNC1CCOCC1Cc1cncs1. The molecule has 0 spiro atoms. The first-order valence-electron chi connectivity index (χ1n) is 5.58. The fraction of sp³-hybridized carbons (Fsp3) is 0.727. The molecule has 2 atom stereocenters. The molecule has 1 aliphatic heterocycles. The van der Waals surface area contributed by atoms with Crippen LogP contribution in [-0.4, -0.2) is 30.8 Å². The quantitative estimate of drug-likeness (QED) is 0.848. The average molecular weight is 226 g/mol. The Hall–Kier alpha value is -0.450. The smallest absolute Gasteiger partial charge is 0.0794 e. The lowest BCUT2D eigenvalue weighted by molar-refractivity contribution is 0.0329. The highest BCUT2D eigenvalue weighted by molar-refractivity contribution is 7.09. The summed E-state index contributed by atoms with van der Waals surface area (Å²) in [6.07, 6.45) is 4.21. The maximum Gasteiger partial charge on any atom is 0.0794 e. The Balaban J connectivity index is 1.92. The average Bonchev–Trinajstić information content (AvgIpc) is 2.74. The molecule has 4 heteroatoms. The number of ether oxygens (including phenoxy) is 1. The Morgan fingerprint density at radius 2 is 2.60 bits per heavy atom. The first-order chi connectivity index (χ1) is 7.40. The monoisotopic (exact) mass is 226 g/mol. The van der Waals surface area contributed by atoms with Gasteiger partial charge in [-0.2, -0.15) is 0 Å². The van der Waals surface area contributed by atoms with E-state index in [1.165, 1.54) is 4.88 Å². The fourth-order valence-electron chi connectivity index (χ4n) is 2.13. The lowest BCUT2D eigenvalue weighted by atomic mass is 9.92. The number of nitrogens with one attached hydrogen (secondary N) is 1. The van der Waals surface area contributed by atoms with Gasteiger partial charge in [-0.3, -0.25) is 4.98 Å². The van der Waals surface area contributed by atoms with Crippen molar-refractivity contribution in [2.45, 2.75) is 25.8 Å². The molecular weight excluding hydrogens is 208 g/mol. The molecule has 84 valence electrons. The third-order valence-electron chi connectivity index (χ3n) is 2.89. The summed E-state index contributed by atoms with van der Waals surface area (Å²) in [7, 11) is 0. The molecule has 0 saturated carbocycles. The highest BCUT2D eigenvalue weighted by atomic mass is 32.1. The zero-order valence-corrected chi connectivity index (χ0v) is 9.93. The summed E-state index contributed by atoms with van der Waals surface area (Å²) in [6, 6.07) is 0.617. The van der Waals surface area contributed by atoms with Crippen LogP contribution in [-0.2, 0) is 11.2 Å². The second kappa shape index (κ2) is 5.58. The van der Waals surface area contributed by atoms with E-state index in [0.717, 1.165) is 32.6 Å². The number of hydrogen-bond donors (Lipinski definition) is 1. The van der Waals surface area contributed by atoms with Gasteiger partial charge < -0.3 is 10.1 Å². The van der Waals surface area contributed by atoms with Crippen LogP contribution >= 0.6 is 11.3 Å². The molecule has 1 saturated heterocycles. The van der Waals surface area contributed by atoms with Crippen molar-refractivity contribution in [3.05, 3.63) is 16.6 Å². The van der Waals surface area contributed by atoms with Crippen LogP contribution in [0.3, 0.4) is 0 Å². The van der Waals surface area contributed by atoms with Gasteiger partial charge in [-0.1, -0.05) is 6.92 Å².